The number of amides is 3. The first kappa shape index (κ1) is 32.5. The van der Waals surface area contributed by atoms with Crippen LogP contribution >= 0.6 is 11.3 Å². The molecule has 7 rings (SSSR count). The minimum absolute atomic E-state index is 0.0282. The predicted molar refractivity (Wildman–Crippen MR) is 193 cm³/mol. The van der Waals surface area contributed by atoms with E-state index in [9.17, 15) is 14.4 Å². The van der Waals surface area contributed by atoms with E-state index >= 15 is 0 Å². The zero-order valence-electron chi connectivity index (χ0n) is 28.0. The number of carbonyl (C=O) groups excluding carboxylic acids is 3. The molecule has 0 unspecified atom stereocenters. The molecule has 3 aromatic carbocycles. The van der Waals surface area contributed by atoms with E-state index in [1.54, 1.807) is 48.4 Å². The lowest BCUT2D eigenvalue weighted by atomic mass is 9.92. The second-order valence-corrected chi connectivity index (χ2v) is 13.9. The lowest BCUT2D eigenvalue weighted by Crippen LogP contribution is -2.43. The molecule has 2 aromatic heterocycles. The zero-order chi connectivity index (χ0) is 34.1. The molecule has 252 valence electrons. The fourth-order valence-corrected chi connectivity index (χ4v) is 7.87. The number of nitrogens with one attached hydrogen (secondary N) is 2. The number of hydrogen-bond donors (Lipinski definition) is 2. The highest BCUT2D eigenvalue weighted by Crippen LogP contribution is 2.37. The lowest BCUT2D eigenvalue weighted by molar-refractivity contribution is -0.116. The Morgan fingerprint density at radius 1 is 0.959 bits per heavy atom. The molecule has 0 aliphatic carbocycles. The number of fused-ring (bicyclic) bond motifs is 4. The number of aromatic nitrogens is 1. The first-order valence-corrected chi connectivity index (χ1v) is 17.6. The van der Waals surface area contributed by atoms with Crippen molar-refractivity contribution < 1.29 is 23.9 Å². The summed E-state index contributed by atoms with van der Waals surface area (Å²) >= 11 is 1.76. The van der Waals surface area contributed by atoms with Gasteiger partial charge in [0, 0.05) is 53.1 Å². The summed E-state index contributed by atoms with van der Waals surface area (Å²) in [6.07, 6.45) is 5.94. The molecule has 0 fully saturated rings. The maximum atomic E-state index is 13.7. The highest BCUT2D eigenvalue weighted by atomic mass is 32.1. The quantitative estimate of drug-likeness (QED) is 0.151. The Balaban J connectivity index is 0.929. The minimum atomic E-state index is -0.251. The van der Waals surface area contributed by atoms with Gasteiger partial charge in [0.05, 0.1) is 19.4 Å². The molecule has 5 aromatic rings. The Kier molecular flexibility index (Phi) is 9.14. The molecule has 0 bridgehead atoms. The summed E-state index contributed by atoms with van der Waals surface area (Å²) in [5.41, 5.74) is 5.86. The average Bonchev–Trinajstić information content (AvgIpc) is 3.66. The van der Waals surface area contributed by atoms with Crippen LogP contribution in [-0.2, 0) is 37.6 Å². The second-order valence-electron chi connectivity index (χ2n) is 12.8. The van der Waals surface area contributed by atoms with Crippen LogP contribution in [0.1, 0.15) is 68.6 Å². The molecule has 2 aliphatic rings. The van der Waals surface area contributed by atoms with Gasteiger partial charge in [-0.3, -0.25) is 14.4 Å². The highest BCUT2D eigenvalue weighted by molar-refractivity contribution is 7.19. The first-order chi connectivity index (χ1) is 23.8. The molecule has 4 heterocycles. The molecular formula is C39H40N4O5S. The third kappa shape index (κ3) is 6.78. The molecule has 0 spiro atoms. The van der Waals surface area contributed by atoms with E-state index in [1.807, 2.05) is 35.2 Å². The largest absolute Gasteiger partial charge is 0.493 e. The monoisotopic (exact) mass is 676 g/mol. The van der Waals surface area contributed by atoms with E-state index in [0.717, 1.165) is 42.3 Å². The molecule has 0 radical (unpaired) electrons. The summed E-state index contributed by atoms with van der Waals surface area (Å²) in [4.78, 5) is 42.9. The van der Waals surface area contributed by atoms with Crippen LogP contribution in [0.15, 0.2) is 72.9 Å². The van der Waals surface area contributed by atoms with Crippen molar-refractivity contribution in [1.82, 2.24) is 9.47 Å². The van der Waals surface area contributed by atoms with E-state index < -0.39 is 0 Å². The number of thiophene rings is 1. The SMILES string of the molecule is CCc1cc2cc(NC(=O)c3cc(NC(=O)CCCOc4cc5c(cc4OC)C(=O)N4Cc6ccccc6C[C@H]4CC5)cn3C)ccc2s1. The number of methoxy groups -OCH3 is 1. The maximum absolute atomic E-state index is 13.7. The van der Waals surface area contributed by atoms with E-state index in [0.29, 0.717) is 48.0 Å². The van der Waals surface area contributed by atoms with Crippen LogP contribution in [0.3, 0.4) is 0 Å². The molecule has 2 aliphatic heterocycles. The summed E-state index contributed by atoms with van der Waals surface area (Å²) in [6.45, 7) is 3.05. The normalized spacial score (nSPS) is 15.2. The Labute approximate surface area is 289 Å². The van der Waals surface area contributed by atoms with E-state index in [1.165, 1.54) is 20.7 Å². The van der Waals surface area contributed by atoms with Crippen LogP contribution in [0.4, 0.5) is 11.4 Å². The highest BCUT2D eigenvalue weighted by Gasteiger charge is 2.34. The number of ether oxygens (including phenoxy) is 2. The molecular weight excluding hydrogens is 637 g/mol. The van der Waals surface area contributed by atoms with Gasteiger partial charge in [-0.15, -0.1) is 11.3 Å². The van der Waals surface area contributed by atoms with Crippen LogP contribution in [-0.4, -0.2) is 46.9 Å². The number of benzene rings is 3. The van der Waals surface area contributed by atoms with Crippen LogP contribution in [0.2, 0.25) is 0 Å². The molecule has 10 heteroatoms. The number of anilines is 2. The Morgan fingerprint density at radius 3 is 2.61 bits per heavy atom. The maximum Gasteiger partial charge on any atom is 0.272 e. The molecule has 1 atom stereocenters. The van der Waals surface area contributed by atoms with Crippen LogP contribution in [0.25, 0.3) is 10.1 Å². The van der Waals surface area contributed by atoms with Gasteiger partial charge in [-0.25, -0.2) is 0 Å². The molecule has 9 nitrogen and oxygen atoms in total. The summed E-state index contributed by atoms with van der Waals surface area (Å²) in [5.74, 6) is 0.677. The van der Waals surface area contributed by atoms with Gasteiger partial charge in [-0.1, -0.05) is 31.2 Å². The number of aryl methyl sites for hydroxylation is 3. The van der Waals surface area contributed by atoms with Gasteiger partial charge < -0.3 is 29.6 Å². The molecule has 0 saturated carbocycles. The third-order valence-corrected chi connectivity index (χ3v) is 10.7. The first-order valence-electron chi connectivity index (χ1n) is 16.8. The Bertz CT molecular complexity index is 2060. The topological polar surface area (TPSA) is 102 Å². The third-order valence-electron chi connectivity index (χ3n) is 9.48. The van der Waals surface area contributed by atoms with Gasteiger partial charge in [-0.05, 0) is 96.6 Å². The predicted octanol–water partition coefficient (Wildman–Crippen LogP) is 7.37. The van der Waals surface area contributed by atoms with Gasteiger partial charge in [0.15, 0.2) is 11.5 Å². The van der Waals surface area contributed by atoms with Crippen molar-refractivity contribution in [3.05, 3.63) is 106 Å². The summed E-state index contributed by atoms with van der Waals surface area (Å²) in [7, 11) is 3.35. The average molecular weight is 677 g/mol. The zero-order valence-corrected chi connectivity index (χ0v) is 28.8. The van der Waals surface area contributed by atoms with Crippen LogP contribution in [0, 0.1) is 0 Å². The fourth-order valence-electron chi connectivity index (χ4n) is 6.88. The van der Waals surface area contributed by atoms with Crippen LogP contribution < -0.4 is 20.1 Å². The number of rotatable bonds is 10. The number of hydrogen-bond acceptors (Lipinski definition) is 6. The number of nitrogens with zero attached hydrogens (tertiary/aromatic N) is 2. The Hall–Kier alpha value is -5.09. The summed E-state index contributed by atoms with van der Waals surface area (Å²) in [5, 5.41) is 6.99. The van der Waals surface area contributed by atoms with Crippen molar-refractivity contribution >= 4 is 50.5 Å². The molecule has 49 heavy (non-hydrogen) atoms. The van der Waals surface area contributed by atoms with Gasteiger partial charge in [0.1, 0.15) is 5.69 Å². The van der Waals surface area contributed by atoms with Crippen molar-refractivity contribution in [1.29, 1.82) is 0 Å². The van der Waals surface area contributed by atoms with Gasteiger partial charge >= 0.3 is 0 Å². The van der Waals surface area contributed by atoms with Crippen molar-refractivity contribution in [3.63, 3.8) is 0 Å². The fraction of sp³-hybridized carbons (Fsp3) is 0.308. The van der Waals surface area contributed by atoms with E-state index in [-0.39, 0.29) is 30.2 Å². The Morgan fingerprint density at radius 2 is 1.80 bits per heavy atom. The van der Waals surface area contributed by atoms with Gasteiger partial charge in [0.2, 0.25) is 5.91 Å². The van der Waals surface area contributed by atoms with E-state index in [4.69, 9.17) is 9.47 Å². The van der Waals surface area contributed by atoms with Crippen molar-refractivity contribution in [2.45, 2.75) is 58.0 Å². The minimum Gasteiger partial charge on any atom is -0.493 e. The van der Waals surface area contributed by atoms with Crippen molar-refractivity contribution in [2.24, 2.45) is 7.05 Å². The molecule has 3 amide bonds. The lowest BCUT2D eigenvalue weighted by Gasteiger charge is -2.35. The standard InChI is InChI=1S/C39H40N4O5S/c1-4-31-18-27-16-28(12-14-36(27)49-31)41-38(45)33-20-29(23-42(33)2)40-37(44)10-7-15-48-35-19-25-11-13-30-17-24-8-5-6-9-26(24)22-43(30)39(46)32(25)21-34(35)47-3/h5-6,8-9,12,14,16,18-21,23,30H,4,7,10-11,13,15,17,22H2,1-3H3,(H,40,44)(H,41,45)/t30-/m1/s1. The van der Waals surface area contributed by atoms with Gasteiger partial charge in [0.25, 0.3) is 11.8 Å². The summed E-state index contributed by atoms with van der Waals surface area (Å²) in [6, 6.07) is 22.0. The molecule has 0 saturated heterocycles. The number of carbonyl (C=O) groups is 3. The van der Waals surface area contributed by atoms with Gasteiger partial charge in [-0.2, -0.15) is 0 Å². The van der Waals surface area contributed by atoms with Crippen molar-refractivity contribution in [2.75, 3.05) is 24.4 Å². The van der Waals surface area contributed by atoms with E-state index in [2.05, 4.69) is 41.8 Å². The van der Waals surface area contributed by atoms with Crippen molar-refractivity contribution in [3.8, 4) is 11.5 Å². The smallest absolute Gasteiger partial charge is 0.272 e. The van der Waals surface area contributed by atoms with Crippen LogP contribution in [0.5, 0.6) is 11.5 Å². The molecule has 2 N–H and O–H groups in total. The second kappa shape index (κ2) is 13.8. The summed E-state index contributed by atoms with van der Waals surface area (Å²) < 4.78 is 14.6.